The van der Waals surface area contributed by atoms with Crippen LogP contribution in [0.4, 0.5) is 10.2 Å². The molecule has 1 unspecified atom stereocenters. The molecule has 0 saturated heterocycles. The summed E-state index contributed by atoms with van der Waals surface area (Å²) in [7, 11) is 0. The van der Waals surface area contributed by atoms with Gasteiger partial charge in [-0.05, 0) is 19.1 Å². The normalized spacial score (nSPS) is 17.0. The van der Waals surface area contributed by atoms with E-state index in [9.17, 15) is 9.18 Å². The van der Waals surface area contributed by atoms with E-state index in [4.69, 9.17) is 21.0 Å². The van der Waals surface area contributed by atoms with Crippen molar-refractivity contribution in [2.24, 2.45) is 5.16 Å². The lowest BCUT2D eigenvalue weighted by Gasteiger charge is -2.07. The second kappa shape index (κ2) is 5.76. The minimum absolute atomic E-state index is 0.114. The van der Waals surface area contributed by atoms with E-state index in [1.54, 1.807) is 19.1 Å². The molecule has 1 atom stereocenters. The minimum Gasteiger partial charge on any atom is -0.382 e. The maximum absolute atomic E-state index is 13.8. The molecule has 6 nitrogen and oxygen atoms in total. The number of hydrogen-bond donors (Lipinski definition) is 1. The lowest BCUT2D eigenvalue weighted by molar-refractivity contribution is -0.125. The molecule has 114 valence electrons. The largest absolute Gasteiger partial charge is 0.382 e. The molecule has 0 fully saturated rings. The van der Waals surface area contributed by atoms with E-state index in [-0.39, 0.29) is 22.8 Å². The second-order valence-corrected chi connectivity index (χ2v) is 5.15. The summed E-state index contributed by atoms with van der Waals surface area (Å²) in [5, 5.41) is 10.2. The number of carbonyl (C=O) groups is 1. The highest BCUT2D eigenvalue weighted by molar-refractivity contribution is 6.34. The van der Waals surface area contributed by atoms with Gasteiger partial charge in [-0.25, -0.2) is 4.39 Å². The molecule has 2 aromatic rings. The fourth-order valence-electron chi connectivity index (χ4n) is 2.07. The van der Waals surface area contributed by atoms with Gasteiger partial charge in [0.15, 0.2) is 5.82 Å². The van der Waals surface area contributed by atoms with Gasteiger partial charge in [-0.1, -0.05) is 28.0 Å². The zero-order chi connectivity index (χ0) is 15.7. The van der Waals surface area contributed by atoms with Crippen molar-refractivity contribution in [2.75, 3.05) is 5.32 Å². The number of anilines is 1. The van der Waals surface area contributed by atoms with E-state index in [1.165, 1.54) is 12.1 Å². The van der Waals surface area contributed by atoms with Gasteiger partial charge in [-0.2, -0.15) is 0 Å². The minimum atomic E-state index is -0.873. The van der Waals surface area contributed by atoms with Crippen molar-refractivity contribution in [2.45, 2.75) is 19.4 Å². The molecule has 2 heterocycles. The van der Waals surface area contributed by atoms with Crippen LogP contribution in [0.15, 0.2) is 33.9 Å². The van der Waals surface area contributed by atoms with E-state index in [2.05, 4.69) is 15.6 Å². The first kappa shape index (κ1) is 14.5. The van der Waals surface area contributed by atoms with E-state index in [0.717, 1.165) is 0 Å². The van der Waals surface area contributed by atoms with Crippen molar-refractivity contribution in [1.29, 1.82) is 0 Å². The SMILES string of the molecule is Cc1cc(NC(=O)C2CC(c3c(F)cccc3Cl)=NO2)no1. The Kier molecular flexibility index (Phi) is 3.81. The summed E-state index contributed by atoms with van der Waals surface area (Å²) in [6.45, 7) is 1.70. The standard InChI is InChI=1S/C14H11ClFN3O3/c1-7-5-12(19-21-7)17-14(20)11-6-10(18-22-11)13-8(15)3-2-4-9(13)16/h2-5,11H,6H2,1H3,(H,17,19,20). The number of rotatable bonds is 3. The van der Waals surface area contributed by atoms with Crippen LogP contribution in [0.1, 0.15) is 17.7 Å². The molecule has 0 saturated carbocycles. The first-order valence-corrected chi connectivity index (χ1v) is 6.83. The summed E-state index contributed by atoms with van der Waals surface area (Å²) in [4.78, 5) is 17.1. The summed E-state index contributed by atoms with van der Waals surface area (Å²) in [6, 6.07) is 5.89. The lowest BCUT2D eigenvalue weighted by Crippen LogP contribution is -2.28. The highest BCUT2D eigenvalue weighted by Gasteiger charge is 2.31. The Balaban J connectivity index is 1.70. The molecule has 0 bridgehead atoms. The Hall–Kier alpha value is -2.41. The molecule has 22 heavy (non-hydrogen) atoms. The van der Waals surface area contributed by atoms with Gasteiger partial charge in [0.25, 0.3) is 5.91 Å². The van der Waals surface area contributed by atoms with Gasteiger partial charge in [-0.3, -0.25) is 4.79 Å². The van der Waals surface area contributed by atoms with Crippen molar-refractivity contribution >= 4 is 29.0 Å². The molecular weight excluding hydrogens is 313 g/mol. The van der Waals surface area contributed by atoms with Crippen molar-refractivity contribution < 1.29 is 18.5 Å². The first-order valence-electron chi connectivity index (χ1n) is 6.46. The monoisotopic (exact) mass is 323 g/mol. The van der Waals surface area contributed by atoms with Gasteiger partial charge >= 0.3 is 0 Å². The highest BCUT2D eigenvalue weighted by Crippen LogP contribution is 2.26. The third-order valence-electron chi connectivity index (χ3n) is 3.09. The summed E-state index contributed by atoms with van der Waals surface area (Å²) >= 11 is 5.97. The van der Waals surface area contributed by atoms with Gasteiger partial charge in [0.2, 0.25) is 6.10 Å². The van der Waals surface area contributed by atoms with Crippen LogP contribution < -0.4 is 5.32 Å². The van der Waals surface area contributed by atoms with Gasteiger partial charge in [0.1, 0.15) is 11.6 Å². The van der Waals surface area contributed by atoms with E-state index < -0.39 is 17.8 Å². The Morgan fingerprint density at radius 1 is 1.50 bits per heavy atom. The Morgan fingerprint density at radius 3 is 3.00 bits per heavy atom. The molecule has 1 aromatic heterocycles. The molecule has 1 N–H and O–H groups in total. The highest BCUT2D eigenvalue weighted by atomic mass is 35.5. The predicted molar refractivity (Wildman–Crippen MR) is 77.3 cm³/mol. The topological polar surface area (TPSA) is 76.7 Å². The fraction of sp³-hybridized carbons (Fsp3) is 0.214. The predicted octanol–water partition coefficient (Wildman–Crippen LogP) is 2.91. The van der Waals surface area contributed by atoms with Gasteiger partial charge < -0.3 is 14.7 Å². The van der Waals surface area contributed by atoms with Crippen LogP contribution in [0, 0.1) is 12.7 Å². The number of carbonyl (C=O) groups excluding carboxylic acids is 1. The number of nitrogens with one attached hydrogen (secondary N) is 1. The first-order chi connectivity index (χ1) is 10.5. The molecule has 1 aliphatic heterocycles. The molecule has 8 heteroatoms. The van der Waals surface area contributed by atoms with Crippen LogP contribution in [-0.4, -0.2) is 22.9 Å². The molecule has 0 radical (unpaired) electrons. The summed E-state index contributed by atoms with van der Waals surface area (Å²) in [5.74, 6) is -0.108. The van der Waals surface area contributed by atoms with Crippen molar-refractivity contribution in [3.8, 4) is 0 Å². The smallest absolute Gasteiger partial charge is 0.269 e. The van der Waals surface area contributed by atoms with Crippen LogP contribution in [-0.2, 0) is 9.63 Å². The van der Waals surface area contributed by atoms with Gasteiger partial charge in [0.05, 0.1) is 16.3 Å². The number of aryl methyl sites for hydroxylation is 1. The van der Waals surface area contributed by atoms with Gasteiger partial charge in [-0.15, -0.1) is 0 Å². The summed E-state index contributed by atoms with van der Waals surface area (Å²) in [5.41, 5.74) is 0.441. The molecule has 0 spiro atoms. The van der Waals surface area contributed by atoms with Crippen LogP contribution in [0.2, 0.25) is 5.02 Å². The Labute approximate surface area is 129 Å². The quantitative estimate of drug-likeness (QED) is 0.942. The molecule has 1 amide bonds. The average molecular weight is 324 g/mol. The molecule has 0 aliphatic carbocycles. The maximum atomic E-state index is 13.8. The third-order valence-corrected chi connectivity index (χ3v) is 3.41. The summed E-state index contributed by atoms with van der Waals surface area (Å²) < 4.78 is 18.7. The number of amides is 1. The lowest BCUT2D eigenvalue weighted by atomic mass is 10.0. The zero-order valence-electron chi connectivity index (χ0n) is 11.5. The number of oxime groups is 1. The van der Waals surface area contributed by atoms with Crippen LogP contribution >= 0.6 is 11.6 Å². The van der Waals surface area contributed by atoms with E-state index in [1.807, 2.05) is 0 Å². The maximum Gasteiger partial charge on any atom is 0.269 e. The molecule has 1 aliphatic rings. The molecule has 1 aromatic carbocycles. The van der Waals surface area contributed by atoms with Crippen molar-refractivity contribution in [1.82, 2.24) is 5.16 Å². The van der Waals surface area contributed by atoms with Crippen LogP contribution in [0.3, 0.4) is 0 Å². The number of nitrogens with zero attached hydrogens (tertiary/aromatic N) is 2. The zero-order valence-corrected chi connectivity index (χ0v) is 12.2. The Morgan fingerprint density at radius 2 is 2.32 bits per heavy atom. The van der Waals surface area contributed by atoms with E-state index >= 15 is 0 Å². The van der Waals surface area contributed by atoms with Crippen molar-refractivity contribution in [3.63, 3.8) is 0 Å². The average Bonchev–Trinajstić information content (AvgIpc) is 3.08. The van der Waals surface area contributed by atoms with Crippen molar-refractivity contribution in [3.05, 3.63) is 46.4 Å². The fourth-order valence-corrected chi connectivity index (χ4v) is 2.34. The van der Waals surface area contributed by atoms with E-state index in [0.29, 0.717) is 11.5 Å². The van der Waals surface area contributed by atoms with Crippen LogP contribution in [0.25, 0.3) is 0 Å². The number of benzene rings is 1. The van der Waals surface area contributed by atoms with Gasteiger partial charge in [0, 0.05) is 12.5 Å². The number of aromatic nitrogens is 1. The Bertz CT molecular complexity index is 739. The van der Waals surface area contributed by atoms with Crippen LogP contribution in [0.5, 0.6) is 0 Å². The molecular formula is C14H11ClFN3O3. The molecule has 3 rings (SSSR count). The number of halogens is 2. The third kappa shape index (κ3) is 2.80. The second-order valence-electron chi connectivity index (χ2n) is 4.74. The summed E-state index contributed by atoms with van der Waals surface area (Å²) in [6.07, 6.45) is -0.758. The number of hydrogen-bond acceptors (Lipinski definition) is 5.